The van der Waals surface area contributed by atoms with Crippen molar-refractivity contribution in [1.82, 2.24) is 0 Å². The molecule has 0 aromatic heterocycles. The highest BCUT2D eigenvalue weighted by Crippen LogP contribution is 2.41. The zero-order chi connectivity index (χ0) is 36.0. The van der Waals surface area contributed by atoms with Gasteiger partial charge in [-0.15, -0.1) is 0 Å². The lowest BCUT2D eigenvalue weighted by Gasteiger charge is -2.21. The Morgan fingerprint density at radius 2 is 0.460 bits per heavy atom. The van der Waals surface area contributed by atoms with Crippen LogP contribution >= 0.6 is 15.7 Å². The topological polar surface area (TPSA) is 0 Å². The molecule has 6 aromatic rings. The van der Waals surface area contributed by atoms with Gasteiger partial charge in [0.25, 0.3) is 0 Å². The van der Waals surface area contributed by atoms with Crippen LogP contribution in [0.3, 0.4) is 0 Å². The van der Waals surface area contributed by atoms with E-state index < -0.39 is 0 Å². The van der Waals surface area contributed by atoms with Crippen LogP contribution in [0.15, 0.2) is 84.9 Å². The monoisotopic (exact) mass is 688 g/mol. The Morgan fingerprint density at radius 1 is 0.280 bits per heavy atom. The second kappa shape index (κ2) is 14.3. The normalized spacial score (nSPS) is 11.5. The van der Waals surface area contributed by atoms with Crippen LogP contribution in [0.4, 0.5) is 0 Å². The molecule has 0 saturated heterocycles. The van der Waals surface area contributed by atoms with Crippen molar-refractivity contribution >= 4 is 26.3 Å². The Balaban J connectivity index is 1.72. The summed E-state index contributed by atoms with van der Waals surface area (Å²) in [6.07, 6.45) is 0. The highest BCUT2D eigenvalue weighted by atomic mass is 31.7. The second-order valence-corrected chi connectivity index (χ2v) is 17.2. The molecule has 0 aliphatic carbocycles. The van der Waals surface area contributed by atoms with Crippen molar-refractivity contribution in [3.8, 4) is 44.5 Å². The molecule has 6 rings (SSSR count). The van der Waals surface area contributed by atoms with Crippen molar-refractivity contribution in [2.45, 2.75) is 83.1 Å². The predicted molar refractivity (Wildman–Crippen MR) is 225 cm³/mol. The summed E-state index contributed by atoms with van der Waals surface area (Å²) in [4.78, 5) is 0. The molecular weight excluding hydrogens is 638 g/mol. The largest absolute Gasteiger partial charge is 0.0610 e. The van der Waals surface area contributed by atoms with Gasteiger partial charge in [-0.1, -0.05) is 107 Å². The molecule has 50 heavy (non-hydrogen) atoms. The van der Waals surface area contributed by atoms with E-state index >= 15 is 0 Å². The molecule has 6 aromatic carbocycles. The number of rotatable bonds is 6. The van der Waals surface area contributed by atoms with Crippen LogP contribution in [-0.4, -0.2) is 0 Å². The van der Waals surface area contributed by atoms with Crippen LogP contribution in [0.2, 0.25) is 0 Å². The number of hydrogen-bond acceptors (Lipinski definition) is 0. The molecule has 0 radical (unpaired) electrons. The fraction of sp³-hybridized carbons (Fsp3) is 0.250. The van der Waals surface area contributed by atoms with Gasteiger partial charge in [-0.3, -0.25) is 0 Å². The molecule has 0 bridgehead atoms. The lowest BCUT2D eigenvalue weighted by atomic mass is 9.89. The first kappa shape index (κ1) is 35.7. The van der Waals surface area contributed by atoms with E-state index in [1.54, 1.807) is 0 Å². The van der Waals surface area contributed by atoms with Crippen LogP contribution in [-0.2, 0) is 0 Å². The summed E-state index contributed by atoms with van der Waals surface area (Å²) in [5.74, 6) is 0. The molecule has 0 atom stereocenters. The first-order valence-electron chi connectivity index (χ1n) is 17.8. The van der Waals surface area contributed by atoms with Crippen LogP contribution < -0.4 is 10.6 Å². The zero-order valence-corrected chi connectivity index (χ0v) is 33.8. The maximum Gasteiger partial charge on any atom is 0.0221 e. The van der Waals surface area contributed by atoms with Gasteiger partial charge in [-0.25, -0.2) is 0 Å². The van der Waals surface area contributed by atoms with Crippen molar-refractivity contribution in [1.29, 1.82) is 0 Å². The van der Waals surface area contributed by atoms with Crippen molar-refractivity contribution in [3.05, 3.63) is 152 Å². The van der Waals surface area contributed by atoms with Gasteiger partial charge in [0.05, 0.1) is 0 Å². The van der Waals surface area contributed by atoms with Crippen LogP contribution in [0.25, 0.3) is 44.5 Å². The summed E-state index contributed by atoms with van der Waals surface area (Å²) >= 11 is 0. The molecular formula is C48H50P2. The van der Waals surface area contributed by atoms with E-state index in [-0.39, 0.29) is 0 Å². The Morgan fingerprint density at radius 3 is 0.640 bits per heavy atom. The maximum atomic E-state index is 2.36. The highest BCUT2D eigenvalue weighted by molar-refractivity contribution is 7.91. The summed E-state index contributed by atoms with van der Waals surface area (Å²) < 4.78 is 0. The van der Waals surface area contributed by atoms with E-state index in [2.05, 4.69) is 168 Å². The maximum absolute atomic E-state index is 2.36. The van der Waals surface area contributed by atoms with Crippen molar-refractivity contribution < 1.29 is 0 Å². The molecule has 0 aliphatic rings. The minimum absolute atomic E-state index is 1.26. The van der Waals surface area contributed by atoms with E-state index in [1.165, 1.54) is 138 Å². The van der Waals surface area contributed by atoms with Gasteiger partial charge in [0.15, 0.2) is 0 Å². The van der Waals surface area contributed by atoms with Crippen LogP contribution in [0.1, 0.15) is 66.8 Å². The van der Waals surface area contributed by atoms with E-state index in [9.17, 15) is 0 Å². The molecule has 0 spiro atoms. The summed E-state index contributed by atoms with van der Waals surface area (Å²) in [6, 6.07) is 32.7. The SMILES string of the molecule is Cc1cc(C)c(-c2cccc(-c3c(C)cc(C)cc3C)c2P=Pc2c(-c3c(C)cc(C)cc3C)cccc2-c2c(C)cc(C)cc2C)c(C)c1. The second-order valence-electron chi connectivity index (χ2n) is 14.7. The molecule has 0 N–H and O–H groups in total. The zero-order valence-electron chi connectivity index (χ0n) is 32.0. The summed E-state index contributed by atoms with van der Waals surface area (Å²) in [6.45, 7) is 27.1. The van der Waals surface area contributed by atoms with Gasteiger partial charge in [0, 0.05) is 10.6 Å². The van der Waals surface area contributed by atoms with Gasteiger partial charge in [0.2, 0.25) is 0 Å². The molecule has 0 saturated carbocycles. The van der Waals surface area contributed by atoms with E-state index in [4.69, 9.17) is 0 Å². The molecule has 2 heteroatoms. The molecule has 0 nitrogen and oxygen atoms in total. The highest BCUT2D eigenvalue weighted by Gasteiger charge is 2.20. The molecule has 0 aliphatic heterocycles. The van der Waals surface area contributed by atoms with Gasteiger partial charge >= 0.3 is 0 Å². The quantitative estimate of drug-likeness (QED) is 0.153. The third-order valence-electron chi connectivity index (χ3n) is 10.1. The van der Waals surface area contributed by atoms with Crippen molar-refractivity contribution in [2.24, 2.45) is 0 Å². The third-order valence-corrected chi connectivity index (χ3v) is 13.1. The Labute approximate surface area is 304 Å². The standard InChI is InChI=1S/C48H50P2/c1-27-19-31(5)43(32(6)20-27)39-15-13-16-40(44-33(7)21-28(2)22-34(44)8)47(39)49-50-48-41(45-35(9)23-29(3)24-36(45)10)17-14-18-42(48)46-37(11)25-30(4)26-38(46)12/h13-26H,1-12H3. The summed E-state index contributed by atoms with van der Waals surface area (Å²) in [5.41, 5.74) is 26.8. The molecule has 0 heterocycles. The molecule has 0 fully saturated rings. The molecule has 0 unspecified atom stereocenters. The minimum atomic E-state index is 1.26. The van der Waals surface area contributed by atoms with Gasteiger partial charge in [-0.05, 0) is 188 Å². The summed E-state index contributed by atoms with van der Waals surface area (Å²) in [5, 5.41) is 2.80. The summed E-state index contributed by atoms with van der Waals surface area (Å²) in [7, 11) is 2.53. The van der Waals surface area contributed by atoms with Crippen LogP contribution in [0, 0.1) is 83.1 Å². The fourth-order valence-electron chi connectivity index (χ4n) is 8.63. The third kappa shape index (κ3) is 6.82. The van der Waals surface area contributed by atoms with Crippen molar-refractivity contribution in [3.63, 3.8) is 0 Å². The first-order valence-corrected chi connectivity index (χ1v) is 20.2. The minimum Gasteiger partial charge on any atom is -0.0610 e. The molecule has 0 amide bonds. The van der Waals surface area contributed by atoms with Crippen LogP contribution in [0.5, 0.6) is 0 Å². The van der Waals surface area contributed by atoms with E-state index in [0.717, 1.165) is 0 Å². The average molecular weight is 689 g/mol. The predicted octanol–water partition coefficient (Wildman–Crippen LogP) is 13.8. The molecule has 252 valence electrons. The lowest BCUT2D eigenvalue weighted by Crippen LogP contribution is -2.09. The smallest absolute Gasteiger partial charge is 0.0221 e. The lowest BCUT2D eigenvalue weighted by molar-refractivity contribution is 1.31. The van der Waals surface area contributed by atoms with E-state index in [1.807, 2.05) is 0 Å². The Kier molecular flexibility index (Phi) is 10.2. The number of aryl methyl sites for hydroxylation is 12. The van der Waals surface area contributed by atoms with Gasteiger partial charge in [0.1, 0.15) is 0 Å². The Bertz CT molecular complexity index is 1920. The average Bonchev–Trinajstić information content (AvgIpc) is 2.99. The fourth-order valence-corrected chi connectivity index (χ4v) is 11.9. The number of benzene rings is 6. The van der Waals surface area contributed by atoms with Gasteiger partial charge < -0.3 is 0 Å². The van der Waals surface area contributed by atoms with Crippen molar-refractivity contribution in [2.75, 3.05) is 0 Å². The van der Waals surface area contributed by atoms with Gasteiger partial charge in [-0.2, -0.15) is 0 Å². The van der Waals surface area contributed by atoms with E-state index in [0.29, 0.717) is 0 Å². The first-order chi connectivity index (χ1) is 23.7. The number of hydrogen-bond donors (Lipinski definition) is 0. The Hall–Kier alpha value is -4.08.